The van der Waals surface area contributed by atoms with E-state index in [1.165, 1.54) is 22.7 Å². The van der Waals surface area contributed by atoms with Crippen LogP contribution in [0.15, 0.2) is 105 Å². The van der Waals surface area contributed by atoms with Gasteiger partial charge in [-0.3, -0.25) is 14.2 Å². The zero-order valence-electron chi connectivity index (χ0n) is 24.2. The van der Waals surface area contributed by atoms with Gasteiger partial charge in [-0.2, -0.15) is 0 Å². The second-order valence-electron chi connectivity index (χ2n) is 10.2. The lowest BCUT2D eigenvalue weighted by atomic mass is 10.0. The highest BCUT2D eigenvalue weighted by molar-refractivity contribution is 14.1. The number of nitrogens with zero attached hydrogens (tertiary/aromatic N) is 2. The molecule has 1 atom stereocenters. The third-order valence-corrected chi connectivity index (χ3v) is 9.91. The number of ether oxygens (including phenoxy) is 2. The van der Waals surface area contributed by atoms with Gasteiger partial charge in [0.25, 0.3) is 11.5 Å². The van der Waals surface area contributed by atoms with E-state index in [0.29, 0.717) is 33.0 Å². The molecule has 1 aliphatic rings. The van der Waals surface area contributed by atoms with E-state index in [2.05, 4.69) is 27.9 Å². The monoisotopic (exact) mass is 733 g/mol. The number of carbonyl (C=O) groups is 1. The summed E-state index contributed by atoms with van der Waals surface area (Å²) in [6.45, 7) is 4.08. The number of aromatic nitrogens is 1. The Kier molecular flexibility index (Phi) is 8.83. The lowest BCUT2D eigenvalue weighted by molar-refractivity contribution is -0.113. The standard InChI is InChI=1S/C34H28IN3O4S2/c1-20-7-4-5-8-26(20)37-32(39)30-21(2)36-34-38(31(30)28-9-6-16-43-28)33(40)29(44-34)18-22-10-15-27(41-3)23(17-22)19-42-25-13-11-24(35)12-14-25/h4-18,31H,19H2,1-3H3,(H,37,39)/b29-18+/t31-/m0/s1. The number of fused-ring (bicyclic) bond motifs is 1. The molecule has 0 radical (unpaired) electrons. The summed E-state index contributed by atoms with van der Waals surface area (Å²) < 4.78 is 14.9. The van der Waals surface area contributed by atoms with Gasteiger partial charge in [-0.15, -0.1) is 11.3 Å². The van der Waals surface area contributed by atoms with Crippen LogP contribution in [0.2, 0.25) is 0 Å². The van der Waals surface area contributed by atoms with E-state index in [1.807, 2.05) is 104 Å². The zero-order valence-corrected chi connectivity index (χ0v) is 28.0. The summed E-state index contributed by atoms with van der Waals surface area (Å²) in [6.07, 6.45) is 1.86. The van der Waals surface area contributed by atoms with E-state index in [9.17, 15) is 9.59 Å². The highest BCUT2D eigenvalue weighted by Crippen LogP contribution is 2.33. The van der Waals surface area contributed by atoms with E-state index >= 15 is 0 Å². The molecule has 44 heavy (non-hydrogen) atoms. The first kappa shape index (κ1) is 30.0. The van der Waals surface area contributed by atoms with Crippen molar-refractivity contribution < 1.29 is 14.3 Å². The number of methoxy groups -OCH3 is 1. The number of rotatable bonds is 8. The fourth-order valence-electron chi connectivity index (χ4n) is 5.07. The van der Waals surface area contributed by atoms with Gasteiger partial charge in [-0.05, 0) is 108 Å². The second kappa shape index (κ2) is 12.9. The van der Waals surface area contributed by atoms with Crippen LogP contribution in [-0.2, 0) is 11.4 Å². The third kappa shape index (κ3) is 6.15. The molecule has 6 rings (SSSR count). The van der Waals surface area contributed by atoms with Crippen molar-refractivity contribution in [2.75, 3.05) is 12.4 Å². The molecule has 3 aromatic carbocycles. The van der Waals surface area contributed by atoms with Gasteiger partial charge in [0.05, 0.1) is 22.9 Å². The van der Waals surface area contributed by atoms with E-state index in [4.69, 9.17) is 14.5 Å². The van der Waals surface area contributed by atoms with E-state index in [1.54, 1.807) is 11.7 Å². The largest absolute Gasteiger partial charge is 0.496 e. The average Bonchev–Trinajstić information content (AvgIpc) is 3.66. The highest BCUT2D eigenvalue weighted by atomic mass is 127. The number of halogens is 1. The van der Waals surface area contributed by atoms with Crippen molar-refractivity contribution >= 4 is 62.9 Å². The van der Waals surface area contributed by atoms with Crippen molar-refractivity contribution in [3.8, 4) is 11.5 Å². The number of amides is 1. The molecule has 222 valence electrons. The Morgan fingerprint density at radius 1 is 1.07 bits per heavy atom. The first-order valence-corrected chi connectivity index (χ1v) is 16.6. The number of hydrogen-bond acceptors (Lipinski definition) is 7. The van der Waals surface area contributed by atoms with Crippen LogP contribution < -0.4 is 29.7 Å². The molecular weight excluding hydrogens is 705 g/mol. The summed E-state index contributed by atoms with van der Waals surface area (Å²) >= 11 is 5.08. The molecule has 1 N–H and O–H groups in total. The number of nitrogens with one attached hydrogen (secondary N) is 1. The smallest absolute Gasteiger partial charge is 0.271 e. The van der Waals surface area contributed by atoms with Crippen molar-refractivity contribution in [1.82, 2.24) is 4.57 Å². The molecule has 10 heteroatoms. The van der Waals surface area contributed by atoms with Gasteiger partial charge in [0.1, 0.15) is 24.1 Å². The van der Waals surface area contributed by atoms with Crippen molar-refractivity contribution in [2.24, 2.45) is 4.99 Å². The predicted octanol–water partition coefficient (Wildman–Crippen LogP) is 6.44. The Hall–Kier alpha value is -4.00. The number of allylic oxidation sites excluding steroid dienone is 1. The van der Waals surface area contributed by atoms with Crippen LogP contribution in [0, 0.1) is 10.5 Å². The maximum Gasteiger partial charge on any atom is 0.271 e. The number of benzene rings is 3. The van der Waals surface area contributed by atoms with Crippen molar-refractivity contribution in [3.63, 3.8) is 0 Å². The molecule has 0 aliphatic carbocycles. The van der Waals surface area contributed by atoms with Crippen LogP contribution in [0.4, 0.5) is 5.69 Å². The first-order valence-electron chi connectivity index (χ1n) is 13.8. The Morgan fingerprint density at radius 2 is 1.86 bits per heavy atom. The minimum absolute atomic E-state index is 0.201. The van der Waals surface area contributed by atoms with E-state index in [-0.39, 0.29) is 11.5 Å². The first-order chi connectivity index (χ1) is 21.3. The van der Waals surface area contributed by atoms with Crippen LogP contribution in [0.5, 0.6) is 11.5 Å². The maximum atomic E-state index is 14.0. The van der Waals surface area contributed by atoms with Gasteiger partial charge < -0.3 is 14.8 Å². The summed E-state index contributed by atoms with van der Waals surface area (Å²) in [5, 5.41) is 5.00. The Labute approximate surface area is 276 Å². The molecule has 5 aromatic rings. The zero-order chi connectivity index (χ0) is 30.8. The van der Waals surface area contributed by atoms with Crippen LogP contribution in [0.25, 0.3) is 6.08 Å². The molecule has 3 heterocycles. The lowest BCUT2D eigenvalue weighted by Gasteiger charge is -2.24. The van der Waals surface area contributed by atoms with Crippen molar-refractivity contribution in [3.05, 3.63) is 140 Å². The Morgan fingerprint density at radius 3 is 2.59 bits per heavy atom. The fourth-order valence-corrected chi connectivity index (χ4v) is 7.30. The second-order valence-corrected chi connectivity index (χ2v) is 13.4. The number of aryl methyl sites for hydroxylation is 1. The van der Waals surface area contributed by atoms with E-state index < -0.39 is 6.04 Å². The molecule has 2 aromatic heterocycles. The Balaban J connectivity index is 1.38. The number of hydrogen-bond donors (Lipinski definition) is 1. The number of carbonyl (C=O) groups excluding carboxylic acids is 1. The number of anilines is 1. The average molecular weight is 734 g/mol. The molecule has 0 fully saturated rings. The molecule has 1 amide bonds. The van der Waals surface area contributed by atoms with Crippen LogP contribution >= 0.6 is 45.3 Å². The quantitative estimate of drug-likeness (QED) is 0.187. The molecule has 0 spiro atoms. The molecule has 0 saturated carbocycles. The summed E-state index contributed by atoms with van der Waals surface area (Å²) in [5.74, 6) is 1.19. The fraction of sp³-hybridized carbons (Fsp3) is 0.147. The van der Waals surface area contributed by atoms with Gasteiger partial charge in [0, 0.05) is 19.7 Å². The van der Waals surface area contributed by atoms with Gasteiger partial charge in [0.15, 0.2) is 4.80 Å². The minimum Gasteiger partial charge on any atom is -0.496 e. The molecule has 0 unspecified atom stereocenters. The molecule has 0 bridgehead atoms. The molecule has 7 nitrogen and oxygen atoms in total. The van der Waals surface area contributed by atoms with Crippen molar-refractivity contribution in [1.29, 1.82) is 0 Å². The molecular formula is C34H28IN3O4S2. The number of thiophene rings is 1. The third-order valence-electron chi connectivity index (χ3n) is 7.28. The lowest BCUT2D eigenvalue weighted by Crippen LogP contribution is -2.40. The predicted molar refractivity (Wildman–Crippen MR) is 184 cm³/mol. The van der Waals surface area contributed by atoms with Crippen molar-refractivity contribution in [2.45, 2.75) is 26.5 Å². The maximum absolute atomic E-state index is 14.0. The summed E-state index contributed by atoms with van der Waals surface area (Å²) in [6, 6.07) is 24.5. The highest BCUT2D eigenvalue weighted by Gasteiger charge is 2.33. The van der Waals surface area contributed by atoms with Crippen LogP contribution in [0.1, 0.15) is 34.5 Å². The topological polar surface area (TPSA) is 81.9 Å². The van der Waals surface area contributed by atoms with Crippen LogP contribution in [-0.4, -0.2) is 17.6 Å². The molecule has 1 aliphatic heterocycles. The Bertz CT molecular complexity index is 2060. The summed E-state index contributed by atoms with van der Waals surface area (Å²) in [4.78, 5) is 34.0. The normalized spacial score (nSPS) is 14.6. The van der Waals surface area contributed by atoms with Gasteiger partial charge in [-0.1, -0.05) is 41.7 Å². The minimum atomic E-state index is -0.592. The van der Waals surface area contributed by atoms with Gasteiger partial charge in [-0.25, -0.2) is 4.99 Å². The summed E-state index contributed by atoms with van der Waals surface area (Å²) in [7, 11) is 1.63. The number of thiazole rings is 1. The SMILES string of the molecule is COc1ccc(/C=c2/sc3n(c2=O)[C@@H](c2cccs2)C(C(=O)Nc2ccccc2C)=C(C)N=3)cc1COc1ccc(I)cc1. The van der Waals surface area contributed by atoms with Crippen LogP contribution in [0.3, 0.4) is 0 Å². The number of para-hydroxylation sites is 1. The van der Waals surface area contributed by atoms with E-state index in [0.717, 1.165) is 36.6 Å². The molecule has 0 saturated heterocycles. The van der Waals surface area contributed by atoms with Gasteiger partial charge in [0.2, 0.25) is 0 Å². The van der Waals surface area contributed by atoms with Gasteiger partial charge >= 0.3 is 0 Å². The summed E-state index contributed by atoms with van der Waals surface area (Å²) in [5.41, 5.74) is 4.20.